The first kappa shape index (κ1) is 22.6. The lowest BCUT2D eigenvalue weighted by molar-refractivity contribution is -0.137. The normalized spacial score (nSPS) is 20.1. The molecule has 2 fully saturated rings. The summed E-state index contributed by atoms with van der Waals surface area (Å²) in [4.78, 5) is 28.5. The summed E-state index contributed by atoms with van der Waals surface area (Å²) in [5, 5.41) is -0.441. The van der Waals surface area contributed by atoms with Crippen molar-refractivity contribution in [1.29, 1.82) is 0 Å². The molecule has 2 aliphatic heterocycles. The van der Waals surface area contributed by atoms with Crippen LogP contribution in [0.2, 0.25) is 0 Å². The van der Waals surface area contributed by atoms with Crippen LogP contribution in [-0.2, 0) is 11.0 Å². The highest BCUT2D eigenvalue weighted by Crippen LogP contribution is 2.41. The van der Waals surface area contributed by atoms with E-state index < -0.39 is 22.9 Å². The average molecular weight is 467 g/mol. The highest BCUT2D eigenvalue weighted by atomic mass is 32.2. The van der Waals surface area contributed by atoms with Crippen LogP contribution in [0.5, 0.6) is 0 Å². The summed E-state index contributed by atoms with van der Waals surface area (Å²) in [6.07, 6.45) is -3.05. The maximum atomic E-state index is 13.1. The minimum Gasteiger partial charge on any atom is -0.339 e. The molecule has 1 atom stereocenters. The Kier molecular flexibility index (Phi) is 6.46. The van der Waals surface area contributed by atoms with Crippen molar-refractivity contribution in [2.45, 2.75) is 24.4 Å². The smallest absolute Gasteiger partial charge is 0.339 e. The number of carbonyl (C=O) groups excluding carboxylic acids is 2. The molecule has 4 nitrogen and oxygen atoms in total. The third kappa shape index (κ3) is 4.92. The molecule has 2 saturated heterocycles. The predicted octanol–water partition coefficient (Wildman–Crippen LogP) is 4.97. The molecule has 0 bridgehead atoms. The molecule has 2 aromatic carbocycles. The molecule has 2 heterocycles. The van der Waals surface area contributed by atoms with Gasteiger partial charge in [0.1, 0.15) is 11.2 Å². The van der Waals surface area contributed by atoms with Gasteiger partial charge in [-0.3, -0.25) is 9.59 Å². The number of carbonyl (C=O) groups is 2. The van der Waals surface area contributed by atoms with Crippen molar-refractivity contribution in [3.63, 3.8) is 0 Å². The Bertz CT molecular complexity index is 988. The van der Waals surface area contributed by atoms with Gasteiger partial charge in [-0.25, -0.2) is 4.39 Å². The van der Waals surface area contributed by atoms with Crippen LogP contribution in [0, 0.1) is 11.7 Å². The summed E-state index contributed by atoms with van der Waals surface area (Å²) in [7, 11) is 0. The van der Waals surface area contributed by atoms with Gasteiger partial charge in [0.05, 0.1) is 11.3 Å². The maximum Gasteiger partial charge on any atom is 0.416 e. The summed E-state index contributed by atoms with van der Waals surface area (Å²) < 4.78 is 52.4. The molecule has 0 unspecified atom stereocenters. The quantitative estimate of drug-likeness (QED) is 0.598. The van der Waals surface area contributed by atoms with Crippen LogP contribution < -0.4 is 0 Å². The fraction of sp³-hybridized carbons (Fsp3) is 0.391. The molecule has 9 heteroatoms. The van der Waals surface area contributed by atoms with Gasteiger partial charge in [0.2, 0.25) is 5.91 Å². The molecule has 0 radical (unpaired) electrons. The number of benzene rings is 2. The first-order valence-electron chi connectivity index (χ1n) is 10.4. The lowest BCUT2D eigenvalue weighted by Crippen LogP contribution is -2.42. The lowest BCUT2D eigenvalue weighted by atomic mass is 9.95. The number of halogens is 4. The topological polar surface area (TPSA) is 40.6 Å². The van der Waals surface area contributed by atoms with E-state index in [1.165, 1.54) is 42.1 Å². The summed E-state index contributed by atoms with van der Waals surface area (Å²) in [5.41, 5.74) is 0.183. The van der Waals surface area contributed by atoms with Crippen LogP contribution in [-0.4, -0.2) is 47.0 Å². The monoisotopic (exact) mass is 466 g/mol. The fourth-order valence-corrected chi connectivity index (χ4v) is 5.36. The first-order chi connectivity index (χ1) is 15.2. The van der Waals surface area contributed by atoms with Gasteiger partial charge in [-0.2, -0.15) is 13.2 Å². The molecule has 0 saturated carbocycles. The van der Waals surface area contributed by atoms with E-state index in [2.05, 4.69) is 0 Å². The molecule has 0 aromatic heterocycles. The minimum atomic E-state index is -4.43. The molecular weight excluding hydrogens is 444 g/mol. The van der Waals surface area contributed by atoms with Gasteiger partial charge < -0.3 is 9.80 Å². The van der Waals surface area contributed by atoms with Gasteiger partial charge in [-0.1, -0.05) is 12.1 Å². The zero-order valence-electron chi connectivity index (χ0n) is 17.1. The zero-order valence-corrected chi connectivity index (χ0v) is 18.0. The largest absolute Gasteiger partial charge is 0.416 e. The van der Waals surface area contributed by atoms with Gasteiger partial charge in [0, 0.05) is 25.2 Å². The summed E-state index contributed by atoms with van der Waals surface area (Å²) >= 11 is 1.34. The second kappa shape index (κ2) is 9.13. The van der Waals surface area contributed by atoms with E-state index in [0.29, 0.717) is 43.6 Å². The van der Waals surface area contributed by atoms with Gasteiger partial charge >= 0.3 is 6.18 Å². The number of thioether (sulfide) groups is 1. The van der Waals surface area contributed by atoms with Crippen LogP contribution in [0.1, 0.15) is 39.7 Å². The van der Waals surface area contributed by atoms with E-state index in [-0.39, 0.29) is 23.5 Å². The Morgan fingerprint density at radius 2 is 1.75 bits per heavy atom. The van der Waals surface area contributed by atoms with Crippen molar-refractivity contribution in [3.8, 4) is 0 Å². The number of hydrogen-bond donors (Lipinski definition) is 0. The second-order valence-electron chi connectivity index (χ2n) is 8.08. The SMILES string of the molecule is O=C(c1ccc(F)cc1)N1CCC(CN2C(=O)CS[C@H]2c2cccc(C(F)(F)F)c2)CC1. The van der Waals surface area contributed by atoms with Crippen molar-refractivity contribution >= 4 is 23.6 Å². The molecule has 4 rings (SSSR count). The van der Waals surface area contributed by atoms with E-state index in [0.717, 1.165) is 12.1 Å². The van der Waals surface area contributed by atoms with Gasteiger partial charge in [-0.15, -0.1) is 11.8 Å². The van der Waals surface area contributed by atoms with Gasteiger partial charge in [0.25, 0.3) is 5.91 Å². The van der Waals surface area contributed by atoms with Crippen molar-refractivity contribution in [1.82, 2.24) is 9.80 Å². The number of nitrogens with zero attached hydrogens (tertiary/aromatic N) is 2. The number of hydrogen-bond acceptors (Lipinski definition) is 3. The molecule has 2 aliphatic rings. The molecule has 2 aromatic rings. The molecule has 2 amide bonds. The fourth-order valence-electron chi connectivity index (χ4n) is 4.17. The van der Waals surface area contributed by atoms with E-state index in [1.54, 1.807) is 15.9 Å². The Hall–Kier alpha value is -2.55. The minimum absolute atomic E-state index is 0.0813. The van der Waals surface area contributed by atoms with Crippen molar-refractivity contribution in [2.24, 2.45) is 5.92 Å². The number of amides is 2. The third-order valence-electron chi connectivity index (χ3n) is 5.92. The molecule has 32 heavy (non-hydrogen) atoms. The molecule has 170 valence electrons. The Morgan fingerprint density at radius 3 is 2.41 bits per heavy atom. The van der Waals surface area contributed by atoms with E-state index in [1.807, 2.05) is 0 Å². The van der Waals surface area contributed by atoms with Crippen molar-refractivity contribution < 1.29 is 27.2 Å². The van der Waals surface area contributed by atoms with Gasteiger partial charge in [-0.05, 0) is 60.7 Å². The predicted molar refractivity (Wildman–Crippen MR) is 113 cm³/mol. The first-order valence-corrected chi connectivity index (χ1v) is 11.4. The van der Waals surface area contributed by atoms with Crippen LogP contribution >= 0.6 is 11.8 Å². The standard InChI is InChI=1S/C23H22F4N2O2S/c24-19-6-4-16(5-7-19)21(31)28-10-8-15(9-11-28)13-29-20(30)14-32-22(29)17-2-1-3-18(12-17)23(25,26)27/h1-7,12,15,22H,8-11,13-14H2/t22-/m0/s1. The van der Waals surface area contributed by atoms with Gasteiger partial charge in [0.15, 0.2) is 0 Å². The van der Waals surface area contributed by atoms with Crippen molar-refractivity contribution in [2.75, 3.05) is 25.4 Å². The average Bonchev–Trinajstić information content (AvgIpc) is 3.14. The van der Waals surface area contributed by atoms with E-state index in [4.69, 9.17) is 0 Å². The number of rotatable bonds is 4. The van der Waals surface area contributed by atoms with Crippen molar-refractivity contribution in [3.05, 3.63) is 71.0 Å². The van der Waals surface area contributed by atoms with E-state index in [9.17, 15) is 27.2 Å². The summed E-state index contributed by atoms with van der Waals surface area (Å²) in [6.45, 7) is 1.49. The highest BCUT2D eigenvalue weighted by molar-refractivity contribution is 8.00. The summed E-state index contributed by atoms with van der Waals surface area (Å²) in [5.74, 6) is -0.240. The molecule has 0 N–H and O–H groups in total. The zero-order chi connectivity index (χ0) is 22.9. The molecule has 0 aliphatic carbocycles. The van der Waals surface area contributed by atoms with Crippen LogP contribution in [0.4, 0.5) is 17.6 Å². The molecular formula is C23H22F4N2O2S. The Morgan fingerprint density at radius 1 is 1.06 bits per heavy atom. The lowest BCUT2D eigenvalue weighted by Gasteiger charge is -2.35. The van der Waals surface area contributed by atoms with E-state index >= 15 is 0 Å². The maximum absolute atomic E-state index is 13.1. The Balaban J connectivity index is 1.39. The summed E-state index contributed by atoms with van der Waals surface area (Å²) in [6, 6.07) is 10.6. The number of alkyl halides is 3. The number of piperidine rings is 1. The third-order valence-corrected chi connectivity index (χ3v) is 7.17. The second-order valence-corrected chi connectivity index (χ2v) is 9.14. The Labute approximate surface area is 187 Å². The van der Waals surface area contributed by atoms with Crippen LogP contribution in [0.25, 0.3) is 0 Å². The number of likely N-dealkylation sites (tertiary alicyclic amines) is 1. The van der Waals surface area contributed by atoms with Crippen LogP contribution in [0.3, 0.4) is 0 Å². The molecule has 0 spiro atoms. The van der Waals surface area contributed by atoms with Crippen LogP contribution in [0.15, 0.2) is 48.5 Å². The highest BCUT2D eigenvalue weighted by Gasteiger charge is 2.37.